The number of amides is 2. The van der Waals surface area contributed by atoms with Crippen molar-refractivity contribution in [3.05, 3.63) is 96.1 Å². The Balaban J connectivity index is 1.86. The van der Waals surface area contributed by atoms with E-state index < -0.39 is 29.3 Å². The number of esters is 1. The molecule has 3 aromatic rings. The van der Waals surface area contributed by atoms with Crippen LogP contribution in [0.4, 0.5) is 11.4 Å². The predicted octanol–water partition coefficient (Wildman–Crippen LogP) is 5.00. The molecule has 0 saturated heterocycles. The highest BCUT2D eigenvalue weighted by atomic mass is 16.6. The summed E-state index contributed by atoms with van der Waals surface area (Å²) in [6, 6.07) is 24.2. The second kappa shape index (κ2) is 9.92. The van der Waals surface area contributed by atoms with Gasteiger partial charge in [0.25, 0.3) is 0 Å². The number of hydrogen-bond acceptors (Lipinski definition) is 4. The van der Waals surface area contributed by atoms with E-state index in [0.717, 1.165) is 0 Å². The Kier molecular flexibility index (Phi) is 7.05. The fraction of sp³-hybridized carbons (Fsp3) is 0.192. The maximum absolute atomic E-state index is 13.1. The molecule has 164 valence electrons. The number of anilines is 2. The molecule has 0 fully saturated rings. The Bertz CT molecular complexity index is 1020. The van der Waals surface area contributed by atoms with Crippen LogP contribution in [-0.4, -0.2) is 23.4 Å². The van der Waals surface area contributed by atoms with Gasteiger partial charge >= 0.3 is 5.97 Å². The van der Waals surface area contributed by atoms with Crippen molar-refractivity contribution in [3.8, 4) is 0 Å². The van der Waals surface area contributed by atoms with Crippen molar-refractivity contribution in [1.29, 1.82) is 0 Å². The molecule has 32 heavy (non-hydrogen) atoms. The Morgan fingerprint density at radius 1 is 0.688 bits per heavy atom. The highest BCUT2D eigenvalue weighted by Crippen LogP contribution is 2.23. The molecule has 3 aromatic carbocycles. The van der Waals surface area contributed by atoms with Gasteiger partial charge in [-0.15, -0.1) is 0 Å². The van der Waals surface area contributed by atoms with Crippen LogP contribution >= 0.6 is 0 Å². The Morgan fingerprint density at radius 3 is 1.53 bits per heavy atom. The molecule has 6 nitrogen and oxygen atoms in total. The van der Waals surface area contributed by atoms with Gasteiger partial charge in [-0.1, -0.05) is 48.5 Å². The number of carbonyl (C=O) groups is 3. The first-order valence-electron chi connectivity index (χ1n) is 10.3. The summed E-state index contributed by atoms with van der Waals surface area (Å²) >= 11 is 0. The molecule has 0 aliphatic heterocycles. The first-order valence-corrected chi connectivity index (χ1v) is 10.3. The van der Waals surface area contributed by atoms with Crippen LogP contribution in [0.2, 0.25) is 0 Å². The first-order chi connectivity index (χ1) is 15.2. The Labute approximate surface area is 187 Å². The van der Waals surface area contributed by atoms with Crippen molar-refractivity contribution in [3.63, 3.8) is 0 Å². The zero-order valence-corrected chi connectivity index (χ0v) is 18.3. The van der Waals surface area contributed by atoms with E-state index in [9.17, 15) is 14.4 Å². The Hall–Kier alpha value is -3.93. The summed E-state index contributed by atoms with van der Waals surface area (Å²) < 4.78 is 5.38. The molecule has 2 N–H and O–H groups in total. The SMILES string of the molecule is CC(C)(C)OC(=O)c1ccc(C(C(=O)Nc2ccccc2)C(=O)Nc2ccccc2)cc1. The van der Waals surface area contributed by atoms with Crippen LogP contribution in [0.25, 0.3) is 0 Å². The van der Waals surface area contributed by atoms with E-state index in [1.807, 2.05) is 12.1 Å². The van der Waals surface area contributed by atoms with Gasteiger partial charge in [-0.05, 0) is 62.7 Å². The molecule has 0 heterocycles. The number of rotatable bonds is 6. The molecule has 0 aliphatic rings. The van der Waals surface area contributed by atoms with E-state index in [1.54, 1.807) is 93.6 Å². The highest BCUT2D eigenvalue weighted by Gasteiger charge is 2.29. The minimum Gasteiger partial charge on any atom is -0.456 e. The molecular weight excluding hydrogens is 404 g/mol. The molecule has 0 saturated carbocycles. The van der Waals surface area contributed by atoms with E-state index in [-0.39, 0.29) is 0 Å². The monoisotopic (exact) mass is 430 g/mol. The molecule has 0 radical (unpaired) electrons. The third-order valence-corrected chi connectivity index (χ3v) is 4.49. The van der Waals surface area contributed by atoms with Crippen molar-refractivity contribution in [2.24, 2.45) is 0 Å². The molecule has 0 bridgehead atoms. The lowest BCUT2D eigenvalue weighted by Crippen LogP contribution is -2.32. The zero-order chi connectivity index (χ0) is 23.1. The van der Waals surface area contributed by atoms with Crippen LogP contribution in [0, 0.1) is 0 Å². The second-order valence-corrected chi connectivity index (χ2v) is 8.27. The maximum atomic E-state index is 13.1. The van der Waals surface area contributed by atoms with Gasteiger partial charge in [0.1, 0.15) is 11.5 Å². The topological polar surface area (TPSA) is 84.5 Å². The summed E-state index contributed by atoms with van der Waals surface area (Å²) in [7, 11) is 0. The third kappa shape index (κ3) is 6.28. The van der Waals surface area contributed by atoms with E-state index in [0.29, 0.717) is 22.5 Å². The summed E-state index contributed by atoms with van der Waals surface area (Å²) in [5, 5.41) is 5.57. The fourth-order valence-corrected chi connectivity index (χ4v) is 3.04. The van der Waals surface area contributed by atoms with Crippen LogP contribution < -0.4 is 10.6 Å². The average Bonchev–Trinajstić information content (AvgIpc) is 2.74. The van der Waals surface area contributed by atoms with E-state index in [1.165, 1.54) is 0 Å². The minimum atomic E-state index is -1.12. The summed E-state index contributed by atoms with van der Waals surface area (Å²) in [4.78, 5) is 38.5. The quantitative estimate of drug-likeness (QED) is 0.426. The lowest BCUT2D eigenvalue weighted by molar-refractivity contribution is -0.126. The van der Waals surface area contributed by atoms with Gasteiger partial charge < -0.3 is 15.4 Å². The van der Waals surface area contributed by atoms with E-state index in [2.05, 4.69) is 10.6 Å². The van der Waals surface area contributed by atoms with Gasteiger partial charge in [0.05, 0.1) is 5.56 Å². The van der Waals surface area contributed by atoms with Crippen LogP contribution in [0.1, 0.15) is 42.6 Å². The number of ether oxygens (including phenoxy) is 1. The molecule has 2 amide bonds. The van der Waals surface area contributed by atoms with Crippen LogP contribution in [-0.2, 0) is 14.3 Å². The normalized spacial score (nSPS) is 11.0. The largest absolute Gasteiger partial charge is 0.456 e. The van der Waals surface area contributed by atoms with E-state index >= 15 is 0 Å². The molecule has 0 spiro atoms. The van der Waals surface area contributed by atoms with Crippen LogP contribution in [0.5, 0.6) is 0 Å². The smallest absolute Gasteiger partial charge is 0.338 e. The first kappa shape index (κ1) is 22.7. The van der Waals surface area contributed by atoms with Gasteiger partial charge in [0.15, 0.2) is 0 Å². The fourth-order valence-electron chi connectivity index (χ4n) is 3.04. The van der Waals surface area contributed by atoms with E-state index in [4.69, 9.17) is 4.74 Å². The summed E-state index contributed by atoms with van der Waals surface area (Å²) in [5.41, 5.74) is 1.35. The number of para-hydroxylation sites is 2. The third-order valence-electron chi connectivity index (χ3n) is 4.49. The molecule has 0 unspecified atom stereocenters. The van der Waals surface area contributed by atoms with Crippen molar-refractivity contribution in [1.82, 2.24) is 0 Å². The maximum Gasteiger partial charge on any atom is 0.338 e. The molecule has 0 aromatic heterocycles. The van der Waals surface area contributed by atoms with Crippen molar-refractivity contribution in [2.45, 2.75) is 32.3 Å². The van der Waals surface area contributed by atoms with Gasteiger partial charge in [0.2, 0.25) is 11.8 Å². The van der Waals surface area contributed by atoms with Gasteiger partial charge in [-0.25, -0.2) is 4.79 Å². The van der Waals surface area contributed by atoms with Crippen molar-refractivity contribution >= 4 is 29.2 Å². The highest BCUT2D eigenvalue weighted by molar-refractivity contribution is 6.15. The summed E-state index contributed by atoms with van der Waals surface area (Å²) in [6.45, 7) is 5.37. The van der Waals surface area contributed by atoms with Crippen LogP contribution in [0.3, 0.4) is 0 Å². The lowest BCUT2D eigenvalue weighted by Gasteiger charge is -2.20. The summed E-state index contributed by atoms with van der Waals surface area (Å²) in [5.74, 6) is -2.55. The van der Waals surface area contributed by atoms with Crippen LogP contribution in [0.15, 0.2) is 84.9 Å². The average molecular weight is 431 g/mol. The molecular formula is C26H26N2O4. The van der Waals surface area contributed by atoms with Crippen molar-refractivity contribution < 1.29 is 19.1 Å². The van der Waals surface area contributed by atoms with Gasteiger partial charge in [-0.2, -0.15) is 0 Å². The lowest BCUT2D eigenvalue weighted by atomic mass is 9.95. The minimum absolute atomic E-state index is 0.342. The molecule has 3 rings (SSSR count). The van der Waals surface area contributed by atoms with Crippen molar-refractivity contribution in [2.75, 3.05) is 10.6 Å². The number of benzene rings is 3. The summed E-state index contributed by atoms with van der Waals surface area (Å²) in [6.07, 6.45) is 0. The standard InChI is InChI=1S/C26H26N2O4/c1-26(2,3)32-25(31)19-16-14-18(15-17-19)22(23(29)27-20-10-6-4-7-11-20)24(30)28-21-12-8-5-9-13-21/h4-17,22H,1-3H3,(H,27,29)(H,28,30). The second-order valence-electron chi connectivity index (χ2n) is 8.27. The molecule has 6 heteroatoms. The number of nitrogens with one attached hydrogen (secondary N) is 2. The number of carbonyl (C=O) groups excluding carboxylic acids is 3. The number of hydrogen-bond donors (Lipinski definition) is 2. The molecule has 0 atom stereocenters. The van der Waals surface area contributed by atoms with Gasteiger partial charge in [0, 0.05) is 11.4 Å². The Morgan fingerprint density at radius 2 is 1.12 bits per heavy atom. The van der Waals surface area contributed by atoms with Gasteiger partial charge in [-0.3, -0.25) is 9.59 Å². The zero-order valence-electron chi connectivity index (χ0n) is 18.3. The predicted molar refractivity (Wildman–Crippen MR) is 124 cm³/mol. The molecule has 0 aliphatic carbocycles.